The van der Waals surface area contributed by atoms with Crippen molar-refractivity contribution >= 4 is 0 Å². The lowest BCUT2D eigenvalue weighted by molar-refractivity contribution is 0.150. The number of rotatable bonds is 1. The van der Waals surface area contributed by atoms with Crippen molar-refractivity contribution in [2.45, 2.75) is 27.2 Å². The van der Waals surface area contributed by atoms with Gasteiger partial charge >= 0.3 is 0 Å². The molecule has 0 spiro atoms. The summed E-state index contributed by atoms with van der Waals surface area (Å²) in [6, 6.07) is 3.24. The van der Waals surface area contributed by atoms with Crippen LogP contribution in [0.15, 0.2) is 12.1 Å². The van der Waals surface area contributed by atoms with Crippen LogP contribution in [-0.2, 0) is 0 Å². The first-order chi connectivity index (χ1) is 5.54. The highest BCUT2D eigenvalue weighted by atomic mass is 19.3. The van der Waals surface area contributed by atoms with E-state index in [2.05, 4.69) is 0 Å². The maximum atomic E-state index is 12.3. The van der Waals surface area contributed by atoms with Gasteiger partial charge in [0.2, 0.25) is 0 Å². The molecule has 0 heterocycles. The minimum absolute atomic E-state index is 0.151. The Balaban J connectivity index is 3.27. The molecule has 0 saturated carbocycles. The molecule has 66 valence electrons. The van der Waals surface area contributed by atoms with Crippen LogP contribution in [0.5, 0.6) is 0 Å². The van der Waals surface area contributed by atoms with Gasteiger partial charge < -0.3 is 0 Å². The topological polar surface area (TPSA) is 0 Å². The van der Waals surface area contributed by atoms with Gasteiger partial charge in [-0.15, -0.1) is 0 Å². The van der Waals surface area contributed by atoms with Crippen molar-refractivity contribution in [2.75, 3.05) is 0 Å². The molecule has 0 aliphatic heterocycles. The molecule has 2 heteroatoms. The summed E-state index contributed by atoms with van der Waals surface area (Å²) in [6.07, 6.45) is -2.36. The Morgan fingerprint density at radius 3 is 2.08 bits per heavy atom. The van der Waals surface area contributed by atoms with Gasteiger partial charge in [0, 0.05) is 5.56 Å². The molecule has 0 saturated heterocycles. The Morgan fingerprint density at radius 1 is 1.00 bits per heavy atom. The van der Waals surface area contributed by atoms with Crippen molar-refractivity contribution in [3.05, 3.63) is 34.4 Å². The first-order valence-corrected chi connectivity index (χ1v) is 3.89. The highest BCUT2D eigenvalue weighted by molar-refractivity contribution is 5.39. The molecule has 0 atom stereocenters. The summed E-state index contributed by atoms with van der Waals surface area (Å²) in [4.78, 5) is 0. The normalized spacial score (nSPS) is 10.8. The van der Waals surface area contributed by atoms with Crippen molar-refractivity contribution in [3.8, 4) is 0 Å². The van der Waals surface area contributed by atoms with Crippen molar-refractivity contribution < 1.29 is 8.78 Å². The van der Waals surface area contributed by atoms with Crippen LogP contribution in [0.3, 0.4) is 0 Å². The lowest BCUT2D eigenvalue weighted by Crippen LogP contribution is -1.94. The molecule has 0 aromatic heterocycles. The van der Waals surface area contributed by atoms with E-state index in [0.29, 0.717) is 5.56 Å². The summed E-state index contributed by atoms with van der Waals surface area (Å²) >= 11 is 0. The molecule has 0 radical (unpaired) electrons. The minimum atomic E-state index is -2.36. The number of halogens is 2. The third-order valence-electron chi connectivity index (χ3n) is 2.34. The first kappa shape index (κ1) is 9.17. The third-order valence-corrected chi connectivity index (χ3v) is 2.34. The Bertz CT molecular complexity index is 290. The molecule has 1 aromatic rings. The van der Waals surface area contributed by atoms with E-state index in [1.54, 1.807) is 13.0 Å². The second-order valence-corrected chi connectivity index (χ2v) is 3.02. The van der Waals surface area contributed by atoms with Gasteiger partial charge in [-0.3, -0.25) is 0 Å². The van der Waals surface area contributed by atoms with E-state index in [1.807, 2.05) is 13.8 Å². The molecule has 1 rings (SSSR count). The molecule has 0 N–H and O–H groups in total. The minimum Gasteiger partial charge on any atom is -0.205 e. The molecule has 0 nitrogen and oxygen atoms in total. The lowest BCUT2D eigenvalue weighted by Gasteiger charge is -2.09. The van der Waals surface area contributed by atoms with E-state index in [4.69, 9.17) is 0 Å². The monoisotopic (exact) mass is 170 g/mol. The lowest BCUT2D eigenvalue weighted by atomic mass is 9.99. The van der Waals surface area contributed by atoms with Gasteiger partial charge in [-0.2, -0.15) is 0 Å². The number of alkyl halides is 2. The second kappa shape index (κ2) is 3.21. The smallest absolute Gasteiger partial charge is 0.205 e. The van der Waals surface area contributed by atoms with Crippen LogP contribution < -0.4 is 0 Å². The Labute approximate surface area is 71.2 Å². The van der Waals surface area contributed by atoms with Gasteiger partial charge in [0.1, 0.15) is 0 Å². The number of aryl methyl sites for hydroxylation is 1. The molecule has 12 heavy (non-hydrogen) atoms. The van der Waals surface area contributed by atoms with Crippen molar-refractivity contribution in [2.24, 2.45) is 0 Å². The fraction of sp³-hybridized carbons (Fsp3) is 0.400. The fourth-order valence-corrected chi connectivity index (χ4v) is 1.21. The Morgan fingerprint density at radius 2 is 1.58 bits per heavy atom. The largest absolute Gasteiger partial charge is 0.264 e. The molecule has 0 aliphatic carbocycles. The Hall–Kier alpha value is -0.920. The van der Waals surface area contributed by atoms with Crippen molar-refractivity contribution in [1.29, 1.82) is 0 Å². The molecule has 0 amide bonds. The third kappa shape index (κ3) is 1.47. The highest BCUT2D eigenvalue weighted by Gasteiger charge is 2.11. The van der Waals surface area contributed by atoms with E-state index in [9.17, 15) is 8.78 Å². The zero-order chi connectivity index (χ0) is 9.30. The molecule has 0 fully saturated rings. The average molecular weight is 170 g/mol. The summed E-state index contributed by atoms with van der Waals surface area (Å²) in [7, 11) is 0. The van der Waals surface area contributed by atoms with Crippen LogP contribution in [0.2, 0.25) is 0 Å². The quantitative estimate of drug-likeness (QED) is 0.604. The van der Waals surface area contributed by atoms with E-state index in [0.717, 1.165) is 11.1 Å². The van der Waals surface area contributed by atoms with Gasteiger partial charge in [0.05, 0.1) is 0 Å². The summed E-state index contributed by atoms with van der Waals surface area (Å²) in [6.45, 7) is 5.54. The maximum Gasteiger partial charge on any atom is 0.264 e. The predicted octanol–water partition coefficient (Wildman–Crippen LogP) is 3.55. The standard InChI is InChI=1S/C10H12F2/c1-6-4-5-9(10(11)12)8(3)7(6)2/h4-5,10H,1-3H3. The maximum absolute atomic E-state index is 12.3. The zero-order valence-electron chi connectivity index (χ0n) is 7.49. The van der Waals surface area contributed by atoms with Crippen LogP contribution in [0.4, 0.5) is 8.78 Å². The second-order valence-electron chi connectivity index (χ2n) is 3.02. The van der Waals surface area contributed by atoms with Crippen LogP contribution in [0.25, 0.3) is 0 Å². The van der Waals surface area contributed by atoms with Crippen LogP contribution in [0.1, 0.15) is 28.7 Å². The van der Waals surface area contributed by atoms with E-state index < -0.39 is 6.43 Å². The molecular weight excluding hydrogens is 158 g/mol. The number of hydrogen-bond acceptors (Lipinski definition) is 0. The molecular formula is C10H12F2. The first-order valence-electron chi connectivity index (χ1n) is 3.89. The van der Waals surface area contributed by atoms with E-state index in [-0.39, 0.29) is 5.56 Å². The summed E-state index contributed by atoms with van der Waals surface area (Å²) < 4.78 is 24.7. The zero-order valence-corrected chi connectivity index (χ0v) is 7.49. The van der Waals surface area contributed by atoms with Gasteiger partial charge in [-0.1, -0.05) is 12.1 Å². The van der Waals surface area contributed by atoms with Crippen molar-refractivity contribution in [1.82, 2.24) is 0 Å². The highest BCUT2D eigenvalue weighted by Crippen LogP contribution is 2.25. The molecule has 0 unspecified atom stereocenters. The summed E-state index contributed by atoms with van der Waals surface area (Å²) in [5.74, 6) is 0. The van der Waals surface area contributed by atoms with Gasteiger partial charge in [0.25, 0.3) is 6.43 Å². The summed E-state index contributed by atoms with van der Waals surface area (Å²) in [5, 5.41) is 0. The van der Waals surface area contributed by atoms with Crippen molar-refractivity contribution in [3.63, 3.8) is 0 Å². The average Bonchev–Trinajstić information content (AvgIpc) is 2.00. The molecule has 0 aliphatic rings. The molecule has 0 bridgehead atoms. The van der Waals surface area contributed by atoms with Gasteiger partial charge in [-0.25, -0.2) is 8.78 Å². The van der Waals surface area contributed by atoms with E-state index >= 15 is 0 Å². The van der Waals surface area contributed by atoms with Crippen LogP contribution in [0, 0.1) is 20.8 Å². The predicted molar refractivity (Wildman–Crippen MR) is 45.6 cm³/mol. The van der Waals surface area contributed by atoms with Gasteiger partial charge in [0.15, 0.2) is 0 Å². The van der Waals surface area contributed by atoms with Gasteiger partial charge in [-0.05, 0) is 37.5 Å². The molecule has 1 aromatic carbocycles. The van der Waals surface area contributed by atoms with E-state index in [1.165, 1.54) is 6.07 Å². The Kier molecular flexibility index (Phi) is 2.46. The van der Waals surface area contributed by atoms with Crippen LogP contribution >= 0.6 is 0 Å². The summed E-state index contributed by atoms with van der Waals surface area (Å²) in [5.41, 5.74) is 2.90. The number of hydrogen-bond donors (Lipinski definition) is 0. The number of benzene rings is 1. The SMILES string of the molecule is Cc1ccc(C(F)F)c(C)c1C. The fourth-order valence-electron chi connectivity index (χ4n) is 1.21. The van der Waals surface area contributed by atoms with Crippen LogP contribution in [-0.4, -0.2) is 0 Å².